The summed E-state index contributed by atoms with van der Waals surface area (Å²) < 4.78 is 6.24. The quantitative estimate of drug-likeness (QED) is 0.854. The van der Waals surface area contributed by atoms with E-state index in [2.05, 4.69) is 43.0 Å². The summed E-state index contributed by atoms with van der Waals surface area (Å²) in [4.78, 5) is 16.7. The van der Waals surface area contributed by atoms with E-state index in [9.17, 15) is 4.79 Å². The lowest BCUT2D eigenvalue weighted by atomic mass is 9.91. The van der Waals surface area contributed by atoms with Crippen LogP contribution in [0.2, 0.25) is 0 Å². The minimum atomic E-state index is -0.303. The summed E-state index contributed by atoms with van der Waals surface area (Å²) in [6.45, 7) is 10.8. The van der Waals surface area contributed by atoms with Gasteiger partial charge in [-0.3, -0.25) is 9.69 Å². The van der Waals surface area contributed by atoms with Crippen LogP contribution in [0.1, 0.15) is 44.2 Å². The van der Waals surface area contributed by atoms with E-state index in [1.165, 1.54) is 11.1 Å². The van der Waals surface area contributed by atoms with Gasteiger partial charge in [-0.2, -0.15) is 0 Å². The van der Waals surface area contributed by atoms with Crippen LogP contribution >= 0.6 is 0 Å². The molecule has 1 amide bonds. The molecule has 3 rings (SSSR count). The third kappa shape index (κ3) is 3.81. The summed E-state index contributed by atoms with van der Waals surface area (Å²) >= 11 is 0. The Balaban J connectivity index is 1.64. The van der Waals surface area contributed by atoms with E-state index in [1.807, 2.05) is 11.8 Å². The summed E-state index contributed by atoms with van der Waals surface area (Å²) in [6.07, 6.45) is 2.88. The summed E-state index contributed by atoms with van der Waals surface area (Å²) in [7, 11) is 0. The molecule has 0 radical (unpaired) electrons. The van der Waals surface area contributed by atoms with Crippen LogP contribution < -0.4 is 0 Å². The van der Waals surface area contributed by atoms with E-state index < -0.39 is 0 Å². The molecule has 0 N–H and O–H groups in total. The van der Waals surface area contributed by atoms with Crippen molar-refractivity contribution < 1.29 is 9.53 Å². The second-order valence-corrected chi connectivity index (χ2v) is 7.41. The van der Waals surface area contributed by atoms with Crippen molar-refractivity contribution in [2.24, 2.45) is 0 Å². The number of hydrogen-bond donors (Lipinski definition) is 0. The second-order valence-electron chi connectivity index (χ2n) is 7.41. The number of aryl methyl sites for hydroxylation is 1. The highest BCUT2D eigenvalue weighted by Gasteiger charge is 2.43. The van der Waals surface area contributed by atoms with Crippen LogP contribution in [-0.2, 0) is 16.1 Å². The van der Waals surface area contributed by atoms with E-state index in [1.54, 1.807) is 0 Å². The Morgan fingerprint density at radius 2 is 1.96 bits per heavy atom. The number of nitrogens with zero attached hydrogens (tertiary/aromatic N) is 2. The van der Waals surface area contributed by atoms with E-state index >= 15 is 0 Å². The molecule has 1 aromatic rings. The number of rotatable bonds is 3. The molecule has 132 valence electrons. The number of carbonyl (C=O) groups is 1. The third-order valence-electron chi connectivity index (χ3n) is 5.46. The summed E-state index contributed by atoms with van der Waals surface area (Å²) in [6, 6.07) is 8.83. The fraction of sp³-hybridized carbons (Fsp3) is 0.650. The molecule has 4 heteroatoms. The zero-order valence-corrected chi connectivity index (χ0v) is 15.3. The van der Waals surface area contributed by atoms with E-state index in [0.29, 0.717) is 0 Å². The molecule has 24 heavy (non-hydrogen) atoms. The van der Waals surface area contributed by atoms with E-state index in [-0.39, 0.29) is 17.6 Å². The minimum Gasteiger partial charge on any atom is -0.360 e. The normalized spacial score (nSPS) is 29.0. The number of likely N-dealkylation sites (N-methyl/N-ethyl adjacent to an activating group) is 1. The predicted molar refractivity (Wildman–Crippen MR) is 95.8 cm³/mol. The Bertz CT molecular complexity index is 572. The topological polar surface area (TPSA) is 32.8 Å². The first kappa shape index (κ1) is 17.4. The minimum absolute atomic E-state index is 0.142. The van der Waals surface area contributed by atoms with Gasteiger partial charge in [-0.05, 0) is 52.1 Å². The van der Waals surface area contributed by atoms with Gasteiger partial charge in [-0.25, -0.2) is 0 Å². The van der Waals surface area contributed by atoms with Gasteiger partial charge < -0.3 is 9.64 Å². The highest BCUT2D eigenvalue weighted by Crippen LogP contribution is 2.33. The SMILES string of the molecule is CCN1C[C@@]2(CCCN(Cc3ccc(C)cc3)CC2)O[C@H](C)C1=O. The van der Waals surface area contributed by atoms with Gasteiger partial charge in [-0.15, -0.1) is 0 Å². The van der Waals surface area contributed by atoms with Crippen LogP contribution in [0, 0.1) is 6.92 Å². The Morgan fingerprint density at radius 3 is 2.67 bits per heavy atom. The van der Waals surface area contributed by atoms with Gasteiger partial charge >= 0.3 is 0 Å². The summed E-state index contributed by atoms with van der Waals surface area (Å²) in [5.41, 5.74) is 2.54. The van der Waals surface area contributed by atoms with Crippen LogP contribution in [0.15, 0.2) is 24.3 Å². The maximum atomic E-state index is 12.2. The molecule has 1 spiro atoms. The van der Waals surface area contributed by atoms with Crippen LogP contribution in [0.3, 0.4) is 0 Å². The van der Waals surface area contributed by atoms with Gasteiger partial charge in [0.25, 0.3) is 5.91 Å². The number of ether oxygens (including phenoxy) is 1. The predicted octanol–water partition coefficient (Wildman–Crippen LogP) is 2.99. The maximum absolute atomic E-state index is 12.2. The largest absolute Gasteiger partial charge is 0.360 e. The highest BCUT2D eigenvalue weighted by molar-refractivity contribution is 5.81. The highest BCUT2D eigenvalue weighted by atomic mass is 16.5. The lowest BCUT2D eigenvalue weighted by Gasteiger charge is -2.44. The van der Waals surface area contributed by atoms with Crippen LogP contribution in [0.4, 0.5) is 0 Å². The molecule has 2 atom stereocenters. The van der Waals surface area contributed by atoms with Gasteiger partial charge in [0.2, 0.25) is 0 Å². The molecule has 0 aromatic heterocycles. The molecule has 0 unspecified atom stereocenters. The van der Waals surface area contributed by atoms with E-state index in [0.717, 1.165) is 52.0 Å². The van der Waals surface area contributed by atoms with Gasteiger partial charge in [0.1, 0.15) is 6.10 Å². The molecule has 0 bridgehead atoms. The van der Waals surface area contributed by atoms with Crippen LogP contribution in [-0.4, -0.2) is 53.6 Å². The van der Waals surface area contributed by atoms with Crippen molar-refractivity contribution in [2.45, 2.75) is 58.3 Å². The zero-order chi connectivity index (χ0) is 17.2. The summed E-state index contributed by atoms with van der Waals surface area (Å²) in [5.74, 6) is 0.142. The van der Waals surface area contributed by atoms with Crippen molar-refractivity contribution in [1.82, 2.24) is 9.80 Å². The third-order valence-corrected chi connectivity index (χ3v) is 5.46. The summed E-state index contributed by atoms with van der Waals surface area (Å²) in [5, 5.41) is 0. The molecule has 0 aliphatic carbocycles. The number of hydrogen-bond acceptors (Lipinski definition) is 3. The van der Waals surface area contributed by atoms with Gasteiger partial charge in [-0.1, -0.05) is 29.8 Å². The molecule has 2 aliphatic heterocycles. The van der Waals surface area contributed by atoms with Gasteiger partial charge in [0, 0.05) is 26.2 Å². The van der Waals surface area contributed by atoms with Gasteiger partial charge in [0.05, 0.1) is 5.60 Å². The molecule has 0 saturated carbocycles. The molecule has 2 saturated heterocycles. The molecule has 2 aliphatic rings. The number of morpholine rings is 1. The number of benzene rings is 1. The fourth-order valence-electron chi connectivity index (χ4n) is 4.02. The number of amides is 1. The molecular weight excluding hydrogens is 300 g/mol. The first-order chi connectivity index (χ1) is 11.5. The van der Waals surface area contributed by atoms with Crippen molar-refractivity contribution in [3.63, 3.8) is 0 Å². The first-order valence-corrected chi connectivity index (χ1v) is 9.26. The Morgan fingerprint density at radius 1 is 1.21 bits per heavy atom. The first-order valence-electron chi connectivity index (χ1n) is 9.26. The molecule has 2 heterocycles. The average Bonchev–Trinajstić information content (AvgIpc) is 2.76. The number of likely N-dealkylation sites (tertiary alicyclic amines) is 1. The van der Waals surface area contributed by atoms with Crippen molar-refractivity contribution in [2.75, 3.05) is 26.2 Å². The maximum Gasteiger partial charge on any atom is 0.251 e. The van der Waals surface area contributed by atoms with Gasteiger partial charge in [0.15, 0.2) is 0 Å². The van der Waals surface area contributed by atoms with Crippen molar-refractivity contribution >= 4 is 5.91 Å². The lowest BCUT2D eigenvalue weighted by Crippen LogP contribution is -2.58. The standard InChI is InChI=1S/C20H30N2O2/c1-4-22-15-20(24-17(3)19(22)23)10-5-12-21(13-11-20)14-18-8-6-16(2)7-9-18/h6-9,17H,4-5,10-15H2,1-3H3/t17-,20+/m1/s1. The zero-order valence-electron chi connectivity index (χ0n) is 15.3. The van der Waals surface area contributed by atoms with Crippen molar-refractivity contribution in [3.05, 3.63) is 35.4 Å². The molecular formula is C20H30N2O2. The van der Waals surface area contributed by atoms with Crippen LogP contribution in [0.25, 0.3) is 0 Å². The number of carbonyl (C=O) groups excluding carboxylic acids is 1. The molecule has 2 fully saturated rings. The molecule has 4 nitrogen and oxygen atoms in total. The fourth-order valence-corrected chi connectivity index (χ4v) is 4.02. The van der Waals surface area contributed by atoms with Crippen molar-refractivity contribution in [1.29, 1.82) is 0 Å². The average molecular weight is 330 g/mol. The lowest BCUT2D eigenvalue weighted by molar-refractivity contribution is -0.182. The smallest absolute Gasteiger partial charge is 0.251 e. The monoisotopic (exact) mass is 330 g/mol. The Kier molecular flexibility index (Phi) is 5.26. The van der Waals surface area contributed by atoms with E-state index in [4.69, 9.17) is 4.74 Å². The van der Waals surface area contributed by atoms with Crippen LogP contribution in [0.5, 0.6) is 0 Å². The molecule has 1 aromatic carbocycles. The Labute approximate surface area is 145 Å². The Hall–Kier alpha value is -1.39. The van der Waals surface area contributed by atoms with Crippen molar-refractivity contribution in [3.8, 4) is 0 Å². The second kappa shape index (κ2) is 7.24.